The molecule has 7 aromatic rings. The molecule has 1 aromatic heterocycles. The molecule has 17 nitrogen and oxygen atoms in total. The van der Waals surface area contributed by atoms with Crippen molar-refractivity contribution < 1.29 is 60.2 Å². The molecule has 1 heterocycles. The maximum Gasteiger partial charge on any atom is 0.255 e. The second-order valence-electron chi connectivity index (χ2n) is 14.5. The van der Waals surface area contributed by atoms with Gasteiger partial charge in [-0.05, 0) is 92.2 Å². The van der Waals surface area contributed by atoms with Crippen LogP contribution >= 0.6 is 0 Å². The second kappa shape index (κ2) is 20.4. The van der Waals surface area contributed by atoms with E-state index in [1.165, 1.54) is 30.3 Å². The van der Waals surface area contributed by atoms with Crippen LogP contribution in [0.3, 0.4) is 0 Å². The molecule has 336 valence electrons. The number of anilines is 1. The van der Waals surface area contributed by atoms with Crippen LogP contribution in [-0.2, 0) is 25.0 Å². The van der Waals surface area contributed by atoms with Crippen LogP contribution < -0.4 is 25.1 Å². The van der Waals surface area contributed by atoms with Gasteiger partial charge in [-0.25, -0.2) is 21.8 Å². The van der Waals surface area contributed by atoms with E-state index in [0.717, 1.165) is 35.9 Å². The zero-order valence-electron chi connectivity index (χ0n) is 35.1. The lowest BCUT2D eigenvalue weighted by atomic mass is 10.0. The Morgan fingerprint density at radius 2 is 1.46 bits per heavy atom. The number of azo groups is 1. The van der Waals surface area contributed by atoms with Gasteiger partial charge < -0.3 is 39.4 Å². The zero-order valence-corrected chi connectivity index (χ0v) is 36.7. The molecule has 0 atom stereocenters. The number of unbranched alkanes of at least 4 members (excludes halogenated alkanes) is 1. The summed E-state index contributed by atoms with van der Waals surface area (Å²) in [4.78, 5) is 26.1. The normalized spacial score (nSPS) is 11.5. The Balaban J connectivity index is 0.00000108. The number of aryl methyl sites for hydroxylation is 2. The molecule has 0 saturated carbocycles. The molecule has 0 saturated heterocycles. The van der Waals surface area contributed by atoms with E-state index in [1.54, 1.807) is 24.3 Å². The maximum atomic E-state index is 13.3. The third-order valence-corrected chi connectivity index (χ3v) is 11.3. The fourth-order valence-corrected chi connectivity index (χ4v) is 7.77. The number of H-pyrrole nitrogens is 1. The van der Waals surface area contributed by atoms with Crippen LogP contribution in [0.15, 0.2) is 142 Å². The fourth-order valence-electron chi connectivity index (χ4n) is 6.59. The van der Waals surface area contributed by atoms with Crippen LogP contribution in [0.2, 0.25) is 0 Å². The monoisotopic (exact) mass is 920 g/mol. The topological polar surface area (TPSA) is 270 Å². The first kappa shape index (κ1) is 47.0. The summed E-state index contributed by atoms with van der Waals surface area (Å²) in [5.41, 5.74) is 1.08. The quantitative estimate of drug-likeness (QED) is 0.0458. The molecule has 6 aromatic carbocycles. The van der Waals surface area contributed by atoms with Crippen molar-refractivity contribution >= 4 is 70.7 Å². The highest BCUT2D eigenvalue weighted by molar-refractivity contribution is 7.86. The third-order valence-electron chi connectivity index (χ3n) is 9.60. The molecule has 0 fully saturated rings. The average Bonchev–Trinajstić information content (AvgIpc) is 3.26. The van der Waals surface area contributed by atoms with Gasteiger partial charge in [0.25, 0.3) is 5.91 Å². The number of phenolic OH excluding ortho intramolecular Hbond substituents is 2. The molecular weight excluding hydrogens is 879 g/mol. The van der Waals surface area contributed by atoms with Gasteiger partial charge in [0.15, 0.2) is 18.1 Å². The molecule has 65 heavy (non-hydrogen) atoms. The lowest BCUT2D eigenvalue weighted by Gasteiger charge is -2.18. The minimum Gasteiger partial charge on any atom is -0.744 e. The molecule has 0 unspecified atom stereocenters. The van der Waals surface area contributed by atoms with E-state index in [-0.39, 0.29) is 45.0 Å². The first-order chi connectivity index (χ1) is 30.9. The number of carbonyl (C=O) groups excluding carboxylic acids is 2. The number of phenols is 2. The van der Waals surface area contributed by atoms with Crippen LogP contribution in [0, 0.1) is 13.8 Å². The number of nitrogens with one attached hydrogen (secondary N) is 3. The summed E-state index contributed by atoms with van der Waals surface area (Å²) in [5, 5.41) is 35.3. The molecule has 0 aliphatic rings. The first-order valence-electron chi connectivity index (χ1n) is 19.8. The number of rotatable bonds is 14. The smallest absolute Gasteiger partial charge is 0.255 e. The largest absolute Gasteiger partial charge is 0.744 e. The lowest BCUT2D eigenvalue weighted by Crippen LogP contribution is -2.25. The van der Waals surface area contributed by atoms with Crippen LogP contribution in [-0.4, -0.2) is 61.1 Å². The van der Waals surface area contributed by atoms with Crippen molar-refractivity contribution in [2.75, 3.05) is 18.5 Å². The number of ether oxygens (including phenoxy) is 2. The van der Waals surface area contributed by atoms with Crippen molar-refractivity contribution in [1.29, 1.82) is 0 Å². The number of aromatic hydroxyl groups is 2. The van der Waals surface area contributed by atoms with Gasteiger partial charge in [0.2, 0.25) is 5.91 Å². The zero-order chi connectivity index (χ0) is 46.9. The van der Waals surface area contributed by atoms with Gasteiger partial charge in [-0.2, -0.15) is 5.11 Å². The van der Waals surface area contributed by atoms with Crippen molar-refractivity contribution in [3.63, 3.8) is 0 Å². The highest BCUT2D eigenvalue weighted by atomic mass is 32.2. The Labute approximate surface area is 373 Å². The van der Waals surface area contributed by atoms with Gasteiger partial charge >= 0.3 is 0 Å². The number of hydrogen-bond acceptors (Lipinski definition) is 14. The van der Waals surface area contributed by atoms with Gasteiger partial charge in [-0.3, -0.25) is 9.59 Å². The van der Waals surface area contributed by atoms with Crippen molar-refractivity contribution in [2.24, 2.45) is 10.2 Å². The van der Waals surface area contributed by atoms with Crippen LogP contribution in [0.1, 0.15) is 41.3 Å². The van der Waals surface area contributed by atoms with Gasteiger partial charge in [0.05, 0.1) is 33.3 Å². The first-order valence-corrected chi connectivity index (χ1v) is 22.6. The summed E-state index contributed by atoms with van der Waals surface area (Å²) < 4.78 is 84.2. The van der Waals surface area contributed by atoms with E-state index in [4.69, 9.17) is 9.47 Å². The Morgan fingerprint density at radius 3 is 2.08 bits per heavy atom. The number of hydrogen-bond donors (Lipinski definition) is 4. The fraction of sp³-hybridized carbons (Fsp3) is 0.152. The molecular formula is C46H42N5O12S2-. The summed E-state index contributed by atoms with van der Waals surface area (Å²) in [6, 6.07) is 28.0. The second-order valence-corrected chi connectivity index (χ2v) is 17.2. The Morgan fingerprint density at radius 1 is 0.754 bits per heavy atom. The minimum atomic E-state index is -5.38. The van der Waals surface area contributed by atoms with Gasteiger partial charge in [-0.1, -0.05) is 48.0 Å². The van der Waals surface area contributed by atoms with Crippen molar-refractivity contribution in [1.82, 2.24) is 5.32 Å². The number of carbonyl (C=O) groups is 2. The summed E-state index contributed by atoms with van der Waals surface area (Å²) in [5.74, 6) is -1.10. The summed E-state index contributed by atoms with van der Waals surface area (Å²) in [6.45, 7) is 5.86. The Bertz CT molecular complexity index is 3120. The van der Waals surface area contributed by atoms with E-state index in [1.807, 2.05) is 62.6 Å². The number of aromatic nitrogens is 1. The van der Waals surface area contributed by atoms with Crippen molar-refractivity contribution in [3.8, 4) is 28.7 Å². The van der Waals surface area contributed by atoms with Crippen LogP contribution in [0.5, 0.6) is 28.7 Å². The van der Waals surface area contributed by atoms with Gasteiger partial charge in [0, 0.05) is 41.8 Å². The number of pyridine rings is 1. The highest BCUT2D eigenvalue weighted by Gasteiger charge is 2.22. The van der Waals surface area contributed by atoms with Crippen LogP contribution in [0.4, 0.5) is 17.1 Å². The van der Waals surface area contributed by atoms with Crippen molar-refractivity contribution in [3.05, 3.63) is 138 Å². The van der Waals surface area contributed by atoms with Gasteiger partial charge in [0.1, 0.15) is 48.9 Å². The number of fused-ring (bicyclic) bond motifs is 2. The highest BCUT2D eigenvalue weighted by Crippen LogP contribution is 2.45. The van der Waals surface area contributed by atoms with E-state index in [9.17, 15) is 45.7 Å². The third kappa shape index (κ3) is 12.0. The van der Waals surface area contributed by atoms with E-state index in [0.29, 0.717) is 42.8 Å². The molecule has 19 heteroatoms. The van der Waals surface area contributed by atoms with Crippen molar-refractivity contribution in [2.45, 2.75) is 43.4 Å². The Kier molecular flexibility index (Phi) is 14.7. The summed E-state index contributed by atoms with van der Waals surface area (Å²) >= 11 is 0. The summed E-state index contributed by atoms with van der Waals surface area (Å²) in [7, 11) is -10.5. The molecule has 0 aliphatic heterocycles. The molecule has 7 rings (SSSR count). The van der Waals surface area contributed by atoms with E-state index in [2.05, 4.69) is 25.8 Å². The molecule has 5 N–H and O–H groups in total. The lowest BCUT2D eigenvalue weighted by molar-refractivity contribution is -0.378. The number of benzene rings is 6. The molecule has 0 aliphatic carbocycles. The van der Waals surface area contributed by atoms with E-state index >= 15 is 0 Å². The molecule has 0 spiro atoms. The molecule has 0 bridgehead atoms. The predicted octanol–water partition coefficient (Wildman–Crippen LogP) is 8.09. The molecule has 2 amide bonds. The maximum absolute atomic E-state index is 13.3. The molecule has 0 radical (unpaired) electrons. The summed E-state index contributed by atoms with van der Waals surface area (Å²) in [6.07, 6.45) is 5.06. The standard InChI is InChI=1S/C41H38N4O12S2.C5H5N/c1-23-10-15-34(24(2)18-23)56-17-7-6-16-42-41(49)32-22-35(30-8-4-5-9-31(30)39(32)47)57-28-13-11-27(12-14-28)44-45-38-36(59(53,54)55)20-26-19-29(58(50,51)52)21-33(43-25(3)46)37(26)40(38)48;1-2-4-6-5-3-1/h4-5,8-15,18-22,47-48H,6-7,16-17H2,1-3H3,(H,42,49)(H,43,46)(H,50,51,52)(H,53,54,55);1-5H/p-1. The van der Waals surface area contributed by atoms with Gasteiger partial charge in [-0.15, -0.1) is 5.11 Å². The number of nitrogens with zero attached hydrogens (tertiary/aromatic N) is 2. The number of amides is 2. The predicted molar refractivity (Wildman–Crippen MR) is 238 cm³/mol. The minimum absolute atomic E-state index is 0.0116. The SMILES string of the molecule is CC(=O)Nc1cc(S(=O)(=O)[O-])cc2cc(S(=O)(=O)[O-])c(N=Nc3ccc(Oc4cc(C(=O)NCCCCOc5ccc(C)cc5C)c(O)c5ccccc45)cc3)c(O)c12.c1cc[nH+]cc1. The Hall–Kier alpha value is -7.45. The van der Waals surface area contributed by atoms with Crippen LogP contribution in [0.25, 0.3) is 21.5 Å². The van der Waals surface area contributed by atoms with E-state index < -0.39 is 53.3 Å². The average molecular weight is 921 g/mol. The number of aromatic amines is 1.